The number of ether oxygens (including phenoxy) is 1. The minimum atomic E-state index is -0.141. The zero-order chi connectivity index (χ0) is 16.8. The van der Waals surface area contributed by atoms with Gasteiger partial charge in [-0.3, -0.25) is 4.79 Å². The van der Waals surface area contributed by atoms with E-state index in [-0.39, 0.29) is 18.6 Å². The predicted molar refractivity (Wildman–Crippen MR) is 92.1 cm³/mol. The fourth-order valence-electron chi connectivity index (χ4n) is 2.15. The molecule has 2 rings (SSSR count). The summed E-state index contributed by atoms with van der Waals surface area (Å²) >= 11 is 1.37. The molecule has 1 aromatic heterocycles. The monoisotopic (exact) mass is 334 g/mol. The highest BCUT2D eigenvalue weighted by atomic mass is 32.1. The highest BCUT2D eigenvalue weighted by Gasteiger charge is 2.17. The van der Waals surface area contributed by atoms with E-state index in [2.05, 4.69) is 10.3 Å². The third-order valence-corrected chi connectivity index (χ3v) is 4.56. The van der Waals surface area contributed by atoms with Crippen LogP contribution in [-0.2, 0) is 0 Å². The van der Waals surface area contributed by atoms with Gasteiger partial charge >= 0.3 is 0 Å². The number of aliphatic hydroxyl groups excluding tert-OH is 1. The Labute approximate surface area is 140 Å². The van der Waals surface area contributed by atoms with Crippen LogP contribution in [0.5, 0.6) is 5.75 Å². The minimum Gasteiger partial charge on any atom is -0.494 e. The standard InChI is InChI=1S/C17H22N2O3S/c1-4-22-14-7-5-13(6-8-14)17-19-12(3)15(23-17)16(21)18-11(2)9-10-20/h5-8,11,20H,4,9-10H2,1-3H3,(H,18,21)/t11-/m1/s1. The zero-order valence-electron chi connectivity index (χ0n) is 13.6. The van der Waals surface area contributed by atoms with Gasteiger partial charge in [-0.05, 0) is 51.5 Å². The Balaban J connectivity index is 2.15. The van der Waals surface area contributed by atoms with Crippen LogP contribution in [0.2, 0.25) is 0 Å². The van der Waals surface area contributed by atoms with Crippen LogP contribution in [0.25, 0.3) is 10.6 Å². The third kappa shape index (κ3) is 4.53. The first-order valence-corrected chi connectivity index (χ1v) is 8.49. The molecule has 124 valence electrons. The van der Waals surface area contributed by atoms with E-state index in [0.717, 1.165) is 16.3 Å². The number of nitrogens with zero attached hydrogens (tertiary/aromatic N) is 1. The highest BCUT2D eigenvalue weighted by molar-refractivity contribution is 7.17. The molecule has 1 heterocycles. The second kappa shape index (κ2) is 8.08. The molecule has 2 N–H and O–H groups in total. The number of nitrogens with one attached hydrogen (secondary N) is 1. The molecule has 0 aliphatic heterocycles. The van der Waals surface area contributed by atoms with Crippen LogP contribution in [0.15, 0.2) is 24.3 Å². The second-order valence-electron chi connectivity index (χ2n) is 5.28. The molecule has 0 bridgehead atoms. The second-order valence-corrected chi connectivity index (χ2v) is 6.28. The molecule has 5 nitrogen and oxygen atoms in total. The van der Waals surface area contributed by atoms with Gasteiger partial charge in [0.25, 0.3) is 5.91 Å². The molecule has 1 amide bonds. The van der Waals surface area contributed by atoms with Crippen molar-refractivity contribution in [2.75, 3.05) is 13.2 Å². The van der Waals surface area contributed by atoms with Crippen LogP contribution in [-0.4, -0.2) is 35.3 Å². The molecular formula is C17H22N2O3S. The molecule has 0 aliphatic carbocycles. The third-order valence-electron chi connectivity index (χ3n) is 3.35. The van der Waals surface area contributed by atoms with Crippen molar-refractivity contribution in [2.45, 2.75) is 33.2 Å². The fraction of sp³-hybridized carbons (Fsp3) is 0.412. The smallest absolute Gasteiger partial charge is 0.263 e. The van der Waals surface area contributed by atoms with Crippen LogP contribution in [0.1, 0.15) is 35.6 Å². The van der Waals surface area contributed by atoms with Crippen LogP contribution in [0.4, 0.5) is 0 Å². The summed E-state index contributed by atoms with van der Waals surface area (Å²) in [6.07, 6.45) is 0.537. The van der Waals surface area contributed by atoms with E-state index in [1.165, 1.54) is 11.3 Å². The SMILES string of the molecule is CCOc1ccc(-c2nc(C)c(C(=O)N[C@H](C)CCO)s2)cc1. The Morgan fingerprint density at radius 1 is 1.39 bits per heavy atom. The normalized spacial score (nSPS) is 12.0. The van der Waals surface area contributed by atoms with Crippen molar-refractivity contribution >= 4 is 17.2 Å². The van der Waals surface area contributed by atoms with E-state index >= 15 is 0 Å². The number of hydrogen-bond donors (Lipinski definition) is 2. The Kier molecular flexibility index (Phi) is 6.12. The van der Waals surface area contributed by atoms with Gasteiger partial charge in [0.15, 0.2) is 0 Å². The number of aromatic nitrogens is 1. The Hall–Kier alpha value is -1.92. The van der Waals surface area contributed by atoms with Gasteiger partial charge in [0, 0.05) is 18.2 Å². The summed E-state index contributed by atoms with van der Waals surface area (Å²) < 4.78 is 5.43. The van der Waals surface area contributed by atoms with Gasteiger partial charge in [-0.15, -0.1) is 11.3 Å². The van der Waals surface area contributed by atoms with Crippen LogP contribution in [0, 0.1) is 6.92 Å². The minimum absolute atomic E-state index is 0.0561. The summed E-state index contributed by atoms with van der Waals surface area (Å²) in [7, 11) is 0. The molecular weight excluding hydrogens is 312 g/mol. The molecule has 2 aromatic rings. The van der Waals surface area contributed by atoms with Gasteiger partial charge in [0.05, 0.1) is 12.3 Å². The largest absolute Gasteiger partial charge is 0.494 e. The lowest BCUT2D eigenvalue weighted by molar-refractivity contribution is 0.0937. The Bertz CT molecular complexity index is 652. The fourth-order valence-corrected chi connectivity index (χ4v) is 3.12. The molecule has 23 heavy (non-hydrogen) atoms. The van der Waals surface area contributed by atoms with Crippen molar-refractivity contribution < 1.29 is 14.6 Å². The number of aliphatic hydroxyl groups is 1. The number of benzene rings is 1. The van der Waals surface area contributed by atoms with Gasteiger partial charge in [-0.25, -0.2) is 4.98 Å². The lowest BCUT2D eigenvalue weighted by atomic mass is 10.2. The summed E-state index contributed by atoms with van der Waals surface area (Å²) in [5.41, 5.74) is 1.68. The van der Waals surface area contributed by atoms with Crippen molar-refractivity contribution in [1.29, 1.82) is 0 Å². The van der Waals surface area contributed by atoms with Gasteiger partial charge in [-0.2, -0.15) is 0 Å². The topological polar surface area (TPSA) is 71.5 Å². The van der Waals surface area contributed by atoms with Crippen LogP contribution >= 0.6 is 11.3 Å². The van der Waals surface area contributed by atoms with E-state index < -0.39 is 0 Å². The van der Waals surface area contributed by atoms with Crippen molar-refractivity contribution in [3.63, 3.8) is 0 Å². The number of rotatable bonds is 7. The molecule has 1 aromatic carbocycles. The lowest BCUT2D eigenvalue weighted by Crippen LogP contribution is -2.33. The maximum atomic E-state index is 12.3. The molecule has 6 heteroatoms. The number of aryl methyl sites for hydroxylation is 1. The molecule has 0 aliphatic rings. The van der Waals surface area contributed by atoms with E-state index in [1.54, 1.807) is 0 Å². The number of thiazole rings is 1. The molecule has 1 atom stereocenters. The van der Waals surface area contributed by atoms with E-state index in [1.807, 2.05) is 45.0 Å². The predicted octanol–water partition coefficient (Wildman–Crippen LogP) is 3.02. The molecule has 0 spiro atoms. The molecule has 0 unspecified atom stereocenters. The summed E-state index contributed by atoms with van der Waals surface area (Å²) in [6.45, 7) is 6.34. The average Bonchev–Trinajstić information content (AvgIpc) is 2.90. The summed E-state index contributed by atoms with van der Waals surface area (Å²) in [6, 6.07) is 7.62. The molecule has 0 fully saturated rings. The first-order chi connectivity index (χ1) is 11.0. The van der Waals surface area contributed by atoms with Crippen LogP contribution < -0.4 is 10.1 Å². The van der Waals surface area contributed by atoms with E-state index in [4.69, 9.17) is 9.84 Å². The molecule has 0 saturated carbocycles. The van der Waals surface area contributed by atoms with E-state index in [9.17, 15) is 4.79 Å². The van der Waals surface area contributed by atoms with Gasteiger partial charge in [0.2, 0.25) is 0 Å². The number of amides is 1. The number of carbonyl (C=O) groups is 1. The number of carbonyl (C=O) groups excluding carboxylic acids is 1. The van der Waals surface area contributed by atoms with Gasteiger partial charge in [-0.1, -0.05) is 0 Å². The zero-order valence-corrected chi connectivity index (χ0v) is 14.4. The molecule has 0 radical (unpaired) electrons. The van der Waals surface area contributed by atoms with Crippen molar-refractivity contribution in [3.05, 3.63) is 34.8 Å². The van der Waals surface area contributed by atoms with Crippen molar-refractivity contribution in [3.8, 4) is 16.3 Å². The average molecular weight is 334 g/mol. The summed E-state index contributed by atoms with van der Waals surface area (Å²) in [4.78, 5) is 17.4. The number of hydrogen-bond acceptors (Lipinski definition) is 5. The first kappa shape index (κ1) is 17.4. The Morgan fingerprint density at radius 2 is 2.09 bits per heavy atom. The summed E-state index contributed by atoms with van der Waals surface area (Å²) in [5, 5.41) is 12.6. The first-order valence-electron chi connectivity index (χ1n) is 7.67. The summed E-state index contributed by atoms with van der Waals surface area (Å²) in [5.74, 6) is 0.679. The molecule has 0 saturated heterocycles. The van der Waals surface area contributed by atoms with Crippen LogP contribution in [0.3, 0.4) is 0 Å². The lowest BCUT2D eigenvalue weighted by Gasteiger charge is -2.11. The highest BCUT2D eigenvalue weighted by Crippen LogP contribution is 2.29. The van der Waals surface area contributed by atoms with E-state index in [0.29, 0.717) is 23.6 Å². The van der Waals surface area contributed by atoms with Crippen molar-refractivity contribution in [2.24, 2.45) is 0 Å². The van der Waals surface area contributed by atoms with Gasteiger partial charge < -0.3 is 15.2 Å². The maximum Gasteiger partial charge on any atom is 0.263 e. The van der Waals surface area contributed by atoms with Crippen molar-refractivity contribution in [1.82, 2.24) is 10.3 Å². The van der Waals surface area contributed by atoms with Gasteiger partial charge in [0.1, 0.15) is 15.6 Å². The Morgan fingerprint density at radius 3 is 2.70 bits per heavy atom. The quantitative estimate of drug-likeness (QED) is 0.816. The maximum absolute atomic E-state index is 12.3.